The molecular weight excluding hydrogens is 423 g/mol. The molecule has 1 atom stereocenters. The fourth-order valence-corrected chi connectivity index (χ4v) is 3.81. The average molecular weight is 446 g/mol. The number of ether oxygens (including phenoxy) is 1. The van der Waals surface area contributed by atoms with Crippen molar-refractivity contribution < 1.29 is 23.8 Å². The minimum atomic E-state index is -0.873. The molecule has 1 amide bonds. The van der Waals surface area contributed by atoms with E-state index in [0.29, 0.717) is 23.5 Å². The Labute approximate surface area is 191 Å². The second-order valence-electron chi connectivity index (χ2n) is 7.71. The van der Waals surface area contributed by atoms with Gasteiger partial charge in [-0.2, -0.15) is 0 Å². The van der Waals surface area contributed by atoms with E-state index in [1.165, 1.54) is 29.2 Å². The van der Waals surface area contributed by atoms with Gasteiger partial charge < -0.3 is 14.7 Å². The predicted molar refractivity (Wildman–Crippen MR) is 121 cm³/mol. The van der Waals surface area contributed by atoms with Crippen LogP contribution < -0.4 is 4.74 Å². The molecule has 2 heterocycles. The van der Waals surface area contributed by atoms with Crippen LogP contribution in [0.15, 0.2) is 78.6 Å². The zero-order valence-electron chi connectivity index (χ0n) is 18.1. The number of likely N-dealkylation sites (tertiary alicyclic amines) is 1. The monoisotopic (exact) mass is 446 g/mol. The number of Topliss-reactive ketones (excluding diaryl/α,β-unsaturated/α-hetero) is 1. The summed E-state index contributed by atoms with van der Waals surface area (Å²) in [5, 5.41) is 11.1. The van der Waals surface area contributed by atoms with E-state index >= 15 is 0 Å². The lowest BCUT2D eigenvalue weighted by molar-refractivity contribution is -0.140. The molecule has 0 aliphatic carbocycles. The van der Waals surface area contributed by atoms with Gasteiger partial charge in [0.05, 0.1) is 18.2 Å². The Kier molecular flexibility index (Phi) is 6.49. The standard InChI is InChI=1S/C26H23FN2O4/c1-2-14-33-21-11-7-19(8-12-21)24(30)22-23(18-5-9-20(27)10-6-18)29(26(32)25(22)31)16-17-4-3-13-28-15-17/h3-13,15,23,30H,2,14,16H2,1H3/b24-22+/t23-/m1/s1. The number of amides is 1. The maximum absolute atomic E-state index is 13.6. The van der Waals surface area contributed by atoms with E-state index < -0.39 is 23.5 Å². The summed E-state index contributed by atoms with van der Waals surface area (Å²) in [5.74, 6) is -1.63. The number of hydrogen-bond donors (Lipinski definition) is 1. The molecule has 4 rings (SSSR count). The van der Waals surface area contributed by atoms with Crippen LogP contribution in [0.3, 0.4) is 0 Å². The van der Waals surface area contributed by atoms with Crippen LogP contribution in [0, 0.1) is 5.82 Å². The summed E-state index contributed by atoms with van der Waals surface area (Å²) in [4.78, 5) is 31.5. The van der Waals surface area contributed by atoms with Gasteiger partial charge in [0.25, 0.3) is 11.7 Å². The first-order chi connectivity index (χ1) is 16.0. The Hall–Kier alpha value is -4.00. The van der Waals surface area contributed by atoms with Crippen molar-refractivity contribution in [3.05, 3.63) is 101 Å². The zero-order chi connectivity index (χ0) is 23.4. The molecule has 6 nitrogen and oxygen atoms in total. The number of rotatable bonds is 7. The second-order valence-corrected chi connectivity index (χ2v) is 7.71. The minimum absolute atomic E-state index is 0.0438. The van der Waals surface area contributed by atoms with Crippen molar-refractivity contribution in [2.45, 2.75) is 25.9 Å². The topological polar surface area (TPSA) is 79.7 Å². The van der Waals surface area contributed by atoms with Crippen molar-refractivity contribution in [3.8, 4) is 5.75 Å². The van der Waals surface area contributed by atoms with E-state index in [-0.39, 0.29) is 17.9 Å². The summed E-state index contributed by atoms with van der Waals surface area (Å²) in [6.45, 7) is 2.68. The zero-order valence-corrected chi connectivity index (χ0v) is 18.1. The Morgan fingerprint density at radius 1 is 1.09 bits per heavy atom. The summed E-state index contributed by atoms with van der Waals surface area (Å²) in [6.07, 6.45) is 4.08. The van der Waals surface area contributed by atoms with Gasteiger partial charge in [0.1, 0.15) is 17.3 Å². The smallest absolute Gasteiger partial charge is 0.295 e. The number of aromatic nitrogens is 1. The number of aliphatic hydroxyl groups excluding tert-OH is 1. The largest absolute Gasteiger partial charge is 0.507 e. The van der Waals surface area contributed by atoms with Crippen molar-refractivity contribution in [1.29, 1.82) is 0 Å². The quantitative estimate of drug-likeness (QED) is 0.325. The number of benzene rings is 2. The van der Waals surface area contributed by atoms with Crippen LogP contribution in [0.4, 0.5) is 4.39 Å². The van der Waals surface area contributed by atoms with Gasteiger partial charge in [0.15, 0.2) is 0 Å². The van der Waals surface area contributed by atoms with Crippen molar-refractivity contribution in [1.82, 2.24) is 9.88 Å². The van der Waals surface area contributed by atoms with Crippen LogP contribution in [-0.4, -0.2) is 33.3 Å². The third-order valence-electron chi connectivity index (χ3n) is 5.40. The predicted octanol–water partition coefficient (Wildman–Crippen LogP) is 4.63. The molecule has 1 aromatic heterocycles. The van der Waals surface area contributed by atoms with E-state index in [2.05, 4.69) is 4.98 Å². The second kappa shape index (κ2) is 9.65. The number of halogens is 1. The molecule has 1 N–H and O–H groups in total. The van der Waals surface area contributed by atoms with Crippen molar-refractivity contribution in [2.75, 3.05) is 6.61 Å². The van der Waals surface area contributed by atoms with Gasteiger partial charge in [-0.1, -0.05) is 25.1 Å². The van der Waals surface area contributed by atoms with Gasteiger partial charge in [-0.25, -0.2) is 4.39 Å². The van der Waals surface area contributed by atoms with Crippen LogP contribution in [0.1, 0.15) is 36.1 Å². The van der Waals surface area contributed by atoms with Crippen molar-refractivity contribution >= 4 is 17.4 Å². The lowest BCUT2D eigenvalue weighted by atomic mass is 9.95. The number of ketones is 1. The lowest BCUT2D eigenvalue weighted by Gasteiger charge is -2.25. The highest BCUT2D eigenvalue weighted by Crippen LogP contribution is 2.40. The van der Waals surface area contributed by atoms with Gasteiger partial charge in [-0.15, -0.1) is 0 Å². The molecule has 7 heteroatoms. The molecule has 0 spiro atoms. The fourth-order valence-electron chi connectivity index (χ4n) is 3.81. The maximum Gasteiger partial charge on any atom is 0.295 e. The number of carbonyl (C=O) groups is 2. The fraction of sp³-hybridized carbons (Fsp3) is 0.192. The van der Waals surface area contributed by atoms with Crippen LogP contribution >= 0.6 is 0 Å². The van der Waals surface area contributed by atoms with Gasteiger partial charge in [-0.05, 0) is 60.0 Å². The molecule has 1 aliphatic rings. The Bertz CT molecular complexity index is 1180. The summed E-state index contributed by atoms with van der Waals surface area (Å²) in [7, 11) is 0. The van der Waals surface area contributed by atoms with Crippen molar-refractivity contribution in [2.24, 2.45) is 0 Å². The average Bonchev–Trinajstić information content (AvgIpc) is 3.08. The van der Waals surface area contributed by atoms with Crippen molar-refractivity contribution in [3.63, 3.8) is 0 Å². The number of aliphatic hydroxyl groups is 1. The molecule has 33 heavy (non-hydrogen) atoms. The molecule has 168 valence electrons. The normalized spacial score (nSPS) is 17.4. The summed E-state index contributed by atoms with van der Waals surface area (Å²) in [5.41, 5.74) is 1.58. The van der Waals surface area contributed by atoms with Gasteiger partial charge in [-0.3, -0.25) is 14.6 Å². The van der Waals surface area contributed by atoms with E-state index in [0.717, 1.165) is 12.0 Å². The molecule has 3 aromatic rings. The number of pyridine rings is 1. The Morgan fingerprint density at radius 2 is 1.82 bits per heavy atom. The first kappa shape index (κ1) is 22.2. The molecule has 0 saturated carbocycles. The van der Waals surface area contributed by atoms with Crippen LogP contribution in [0.5, 0.6) is 5.75 Å². The van der Waals surface area contributed by atoms with E-state index in [4.69, 9.17) is 4.74 Å². The highest BCUT2D eigenvalue weighted by molar-refractivity contribution is 6.46. The van der Waals surface area contributed by atoms with E-state index in [1.807, 2.05) is 6.92 Å². The molecule has 0 bridgehead atoms. The summed E-state index contributed by atoms with van der Waals surface area (Å²) in [6, 6.07) is 14.9. The molecule has 1 aliphatic heterocycles. The molecule has 0 unspecified atom stereocenters. The summed E-state index contributed by atoms with van der Waals surface area (Å²) >= 11 is 0. The van der Waals surface area contributed by atoms with E-state index in [9.17, 15) is 19.1 Å². The highest BCUT2D eigenvalue weighted by Gasteiger charge is 2.46. The number of nitrogens with zero attached hydrogens (tertiary/aromatic N) is 2. The third-order valence-corrected chi connectivity index (χ3v) is 5.40. The SMILES string of the molecule is CCCOc1ccc(/C(O)=C2\C(=O)C(=O)N(Cc3cccnc3)[C@@H]2c2ccc(F)cc2)cc1. The molecular formula is C26H23FN2O4. The first-order valence-corrected chi connectivity index (χ1v) is 10.7. The number of hydrogen-bond acceptors (Lipinski definition) is 5. The summed E-state index contributed by atoms with van der Waals surface area (Å²) < 4.78 is 19.2. The van der Waals surface area contributed by atoms with Gasteiger partial charge in [0.2, 0.25) is 0 Å². The lowest BCUT2D eigenvalue weighted by Crippen LogP contribution is -2.29. The molecule has 0 radical (unpaired) electrons. The highest BCUT2D eigenvalue weighted by atomic mass is 19.1. The molecule has 1 fully saturated rings. The van der Waals surface area contributed by atoms with Crippen LogP contribution in [0.25, 0.3) is 5.76 Å². The molecule has 2 aromatic carbocycles. The Morgan fingerprint density at radius 3 is 2.45 bits per heavy atom. The van der Waals surface area contributed by atoms with E-state index in [1.54, 1.807) is 48.8 Å². The maximum atomic E-state index is 13.6. The molecule has 1 saturated heterocycles. The van der Waals surface area contributed by atoms with Crippen LogP contribution in [-0.2, 0) is 16.1 Å². The number of carbonyl (C=O) groups excluding carboxylic acids is 2. The first-order valence-electron chi connectivity index (χ1n) is 10.7. The minimum Gasteiger partial charge on any atom is -0.507 e. The van der Waals surface area contributed by atoms with Crippen LogP contribution in [0.2, 0.25) is 0 Å². The Balaban J connectivity index is 1.78. The third kappa shape index (κ3) is 4.62. The van der Waals surface area contributed by atoms with Gasteiger partial charge >= 0.3 is 0 Å². The van der Waals surface area contributed by atoms with Gasteiger partial charge in [0, 0.05) is 24.5 Å².